The van der Waals surface area contributed by atoms with Gasteiger partial charge in [0.1, 0.15) is 0 Å². The molecule has 9 rings (SSSR count). The van der Waals surface area contributed by atoms with E-state index < -0.39 is 0 Å². The highest BCUT2D eigenvalue weighted by Crippen LogP contribution is 2.56. The van der Waals surface area contributed by atoms with E-state index in [9.17, 15) is 0 Å². The standard InChI is InChI=1S/C46H37N/c1-45(2)38-24-19-32-17-11-12-18-36(32)44(38)37-23-22-35(29-39(37)45)47-42-25-20-33(30-13-7-5-8-14-30)27-40(42)46(3,4)41-28-34(21-26-43(41)47)31-15-9-6-10-16-31/h5-29H,1-4H3. The molecule has 226 valence electrons. The largest absolute Gasteiger partial charge is 0.310 e. The Morgan fingerprint density at radius 3 is 1.57 bits per heavy atom. The van der Waals surface area contributed by atoms with Gasteiger partial charge in [0.25, 0.3) is 0 Å². The van der Waals surface area contributed by atoms with Gasteiger partial charge in [0.15, 0.2) is 0 Å². The molecule has 0 bridgehead atoms. The van der Waals surface area contributed by atoms with Gasteiger partial charge in [-0.1, -0.05) is 143 Å². The van der Waals surface area contributed by atoms with Gasteiger partial charge in [-0.15, -0.1) is 0 Å². The molecule has 0 aromatic heterocycles. The predicted molar refractivity (Wildman–Crippen MR) is 199 cm³/mol. The maximum absolute atomic E-state index is 2.51. The van der Waals surface area contributed by atoms with E-state index >= 15 is 0 Å². The molecule has 47 heavy (non-hydrogen) atoms. The molecule has 0 amide bonds. The highest BCUT2D eigenvalue weighted by molar-refractivity contribution is 6.03. The zero-order chi connectivity index (χ0) is 31.9. The van der Waals surface area contributed by atoms with Crippen molar-refractivity contribution < 1.29 is 0 Å². The van der Waals surface area contributed by atoms with Gasteiger partial charge in [0.2, 0.25) is 0 Å². The van der Waals surface area contributed by atoms with Crippen LogP contribution in [0.25, 0.3) is 44.2 Å². The molecule has 0 saturated carbocycles. The third kappa shape index (κ3) is 4.09. The van der Waals surface area contributed by atoms with Crippen LogP contribution in [0.15, 0.2) is 152 Å². The van der Waals surface area contributed by atoms with E-state index in [0.717, 1.165) is 0 Å². The van der Waals surface area contributed by atoms with E-state index in [2.05, 4.69) is 184 Å². The lowest BCUT2D eigenvalue weighted by atomic mass is 9.72. The quantitative estimate of drug-likeness (QED) is 0.194. The van der Waals surface area contributed by atoms with Crippen molar-refractivity contribution >= 4 is 27.8 Å². The molecule has 0 unspecified atom stereocenters. The second-order valence-electron chi connectivity index (χ2n) is 14.2. The van der Waals surface area contributed by atoms with Crippen LogP contribution in [-0.2, 0) is 10.8 Å². The summed E-state index contributed by atoms with van der Waals surface area (Å²) in [7, 11) is 0. The SMILES string of the molecule is CC1(C)c2cc(-c3ccccc3)ccc2N(c2ccc3c(c2)C(C)(C)c2ccc4ccccc4c2-3)c2ccc(-c3ccccc3)cc21. The number of hydrogen-bond donors (Lipinski definition) is 0. The summed E-state index contributed by atoms with van der Waals surface area (Å²) in [5, 5.41) is 2.63. The summed E-state index contributed by atoms with van der Waals surface area (Å²) in [4.78, 5) is 2.51. The van der Waals surface area contributed by atoms with Crippen molar-refractivity contribution in [3.63, 3.8) is 0 Å². The minimum atomic E-state index is -0.206. The average molecular weight is 604 g/mol. The summed E-state index contributed by atoms with van der Waals surface area (Å²) in [6.07, 6.45) is 0. The molecule has 0 radical (unpaired) electrons. The zero-order valence-corrected chi connectivity index (χ0v) is 27.4. The minimum Gasteiger partial charge on any atom is -0.310 e. The maximum atomic E-state index is 2.51. The van der Waals surface area contributed by atoms with Gasteiger partial charge in [-0.05, 0) is 103 Å². The molecule has 0 atom stereocenters. The van der Waals surface area contributed by atoms with Gasteiger partial charge in [0, 0.05) is 16.5 Å². The Hall–Kier alpha value is -5.40. The molecule has 2 aliphatic rings. The van der Waals surface area contributed by atoms with Crippen molar-refractivity contribution in [2.24, 2.45) is 0 Å². The highest BCUT2D eigenvalue weighted by atomic mass is 15.2. The van der Waals surface area contributed by atoms with Crippen LogP contribution in [0, 0.1) is 0 Å². The van der Waals surface area contributed by atoms with Crippen LogP contribution < -0.4 is 4.90 Å². The molecule has 1 heteroatoms. The third-order valence-corrected chi connectivity index (χ3v) is 10.8. The average Bonchev–Trinajstić information content (AvgIpc) is 3.35. The first kappa shape index (κ1) is 27.9. The molecular formula is C46H37N. The fourth-order valence-electron chi connectivity index (χ4n) is 8.27. The highest BCUT2D eigenvalue weighted by Gasteiger charge is 2.40. The molecule has 1 nitrogen and oxygen atoms in total. The lowest BCUT2D eigenvalue weighted by Crippen LogP contribution is -2.31. The van der Waals surface area contributed by atoms with Crippen LogP contribution in [0.5, 0.6) is 0 Å². The van der Waals surface area contributed by atoms with Gasteiger partial charge >= 0.3 is 0 Å². The second-order valence-corrected chi connectivity index (χ2v) is 14.2. The van der Waals surface area contributed by atoms with Crippen LogP contribution in [0.1, 0.15) is 49.9 Å². The van der Waals surface area contributed by atoms with E-state index in [1.807, 2.05) is 0 Å². The molecule has 7 aromatic carbocycles. The summed E-state index contributed by atoms with van der Waals surface area (Å²) in [5.41, 5.74) is 16.6. The Kier molecular flexibility index (Phi) is 5.96. The molecule has 0 fully saturated rings. The molecular weight excluding hydrogens is 567 g/mol. The molecule has 0 spiro atoms. The predicted octanol–water partition coefficient (Wildman–Crippen LogP) is 12.6. The summed E-state index contributed by atoms with van der Waals surface area (Å²) >= 11 is 0. The third-order valence-electron chi connectivity index (χ3n) is 10.8. The lowest BCUT2D eigenvalue weighted by Gasteiger charge is -2.43. The summed E-state index contributed by atoms with van der Waals surface area (Å²) in [6.45, 7) is 9.55. The number of hydrogen-bond acceptors (Lipinski definition) is 1. The van der Waals surface area contributed by atoms with Crippen LogP contribution in [-0.4, -0.2) is 0 Å². The number of benzene rings is 7. The fourth-order valence-corrected chi connectivity index (χ4v) is 8.27. The molecule has 1 aliphatic carbocycles. The van der Waals surface area contributed by atoms with Crippen molar-refractivity contribution in [1.29, 1.82) is 0 Å². The Morgan fingerprint density at radius 2 is 0.957 bits per heavy atom. The van der Waals surface area contributed by atoms with E-state index in [0.29, 0.717) is 0 Å². The minimum absolute atomic E-state index is 0.111. The molecule has 1 aliphatic heterocycles. The van der Waals surface area contributed by atoms with E-state index in [1.54, 1.807) is 0 Å². The Labute approximate surface area is 277 Å². The number of fused-ring (bicyclic) bond motifs is 7. The normalized spacial score (nSPS) is 15.1. The molecule has 0 saturated heterocycles. The van der Waals surface area contributed by atoms with Crippen LogP contribution >= 0.6 is 0 Å². The number of rotatable bonds is 3. The topological polar surface area (TPSA) is 3.24 Å². The van der Waals surface area contributed by atoms with E-state index in [4.69, 9.17) is 0 Å². The van der Waals surface area contributed by atoms with E-state index in [1.165, 1.54) is 83.5 Å². The van der Waals surface area contributed by atoms with Crippen LogP contribution in [0.4, 0.5) is 17.1 Å². The van der Waals surface area contributed by atoms with Crippen molar-refractivity contribution in [3.8, 4) is 33.4 Å². The summed E-state index contributed by atoms with van der Waals surface area (Å²) in [6, 6.07) is 56.3. The van der Waals surface area contributed by atoms with Gasteiger partial charge in [-0.2, -0.15) is 0 Å². The Morgan fingerprint density at radius 1 is 0.404 bits per heavy atom. The van der Waals surface area contributed by atoms with Crippen molar-refractivity contribution in [2.75, 3.05) is 4.90 Å². The lowest BCUT2D eigenvalue weighted by molar-refractivity contribution is 0.632. The molecule has 7 aromatic rings. The van der Waals surface area contributed by atoms with Crippen molar-refractivity contribution in [2.45, 2.75) is 38.5 Å². The first-order chi connectivity index (χ1) is 22.8. The maximum Gasteiger partial charge on any atom is 0.0503 e. The molecule has 0 N–H and O–H groups in total. The van der Waals surface area contributed by atoms with Gasteiger partial charge in [-0.3, -0.25) is 0 Å². The van der Waals surface area contributed by atoms with Crippen molar-refractivity contribution in [3.05, 3.63) is 174 Å². The zero-order valence-electron chi connectivity index (χ0n) is 27.4. The number of nitrogens with zero attached hydrogens (tertiary/aromatic N) is 1. The summed E-state index contributed by atoms with van der Waals surface area (Å²) < 4.78 is 0. The first-order valence-corrected chi connectivity index (χ1v) is 16.7. The number of anilines is 3. The first-order valence-electron chi connectivity index (χ1n) is 16.7. The molecule has 1 heterocycles. The van der Waals surface area contributed by atoms with Crippen LogP contribution in [0.2, 0.25) is 0 Å². The second kappa shape index (κ2) is 10.0. The van der Waals surface area contributed by atoms with Gasteiger partial charge in [-0.25, -0.2) is 0 Å². The van der Waals surface area contributed by atoms with Crippen LogP contribution in [0.3, 0.4) is 0 Å². The van der Waals surface area contributed by atoms with Gasteiger partial charge < -0.3 is 4.90 Å². The van der Waals surface area contributed by atoms with E-state index in [-0.39, 0.29) is 10.8 Å². The van der Waals surface area contributed by atoms with Crippen molar-refractivity contribution in [1.82, 2.24) is 0 Å². The summed E-state index contributed by atoms with van der Waals surface area (Å²) in [5.74, 6) is 0. The monoisotopic (exact) mass is 603 g/mol. The Bertz CT molecular complexity index is 2250. The Balaban J connectivity index is 1.27. The fraction of sp³-hybridized carbons (Fsp3) is 0.130. The van der Waals surface area contributed by atoms with Gasteiger partial charge in [0.05, 0.1) is 11.4 Å². The smallest absolute Gasteiger partial charge is 0.0503 e.